The Bertz CT molecular complexity index is 691. The Kier molecular flexibility index (Phi) is 12.1. The minimum atomic E-state index is 0. The molecule has 0 spiro atoms. The molecule has 32 heavy (non-hydrogen) atoms. The van der Waals surface area contributed by atoms with Crippen LogP contribution < -0.4 is 15.4 Å². The van der Waals surface area contributed by atoms with Gasteiger partial charge in [-0.3, -0.25) is 14.8 Å². The number of para-hydroxylation sites is 1. The maximum atomic E-state index is 5.68. The Hall–Kier alpha value is -1.10. The molecule has 0 aromatic heterocycles. The maximum Gasteiger partial charge on any atom is 0.191 e. The van der Waals surface area contributed by atoms with E-state index in [2.05, 4.69) is 57.5 Å². The third-order valence-electron chi connectivity index (χ3n) is 6.53. The number of likely N-dealkylation sites (tertiary alicyclic amines) is 1. The predicted octanol–water partition coefficient (Wildman–Crippen LogP) is 2.97. The molecule has 182 valence electrons. The van der Waals surface area contributed by atoms with E-state index in [0.29, 0.717) is 12.0 Å². The van der Waals surface area contributed by atoms with Crippen molar-refractivity contribution in [3.05, 3.63) is 29.8 Å². The van der Waals surface area contributed by atoms with Crippen LogP contribution in [0.2, 0.25) is 0 Å². The van der Waals surface area contributed by atoms with Crippen molar-refractivity contribution in [3.63, 3.8) is 0 Å². The lowest BCUT2D eigenvalue weighted by molar-refractivity contribution is 0.00752. The minimum absolute atomic E-state index is 0. The number of hydrogen-bond donors (Lipinski definition) is 2. The summed E-state index contributed by atoms with van der Waals surface area (Å²) in [6.07, 6.45) is 2.52. The molecule has 7 nitrogen and oxygen atoms in total. The van der Waals surface area contributed by atoms with Gasteiger partial charge in [0.1, 0.15) is 5.75 Å². The van der Waals surface area contributed by atoms with Crippen molar-refractivity contribution in [1.82, 2.24) is 20.4 Å². The molecule has 0 aliphatic carbocycles. The first-order valence-corrected chi connectivity index (χ1v) is 11.8. The van der Waals surface area contributed by atoms with Crippen LogP contribution in [-0.2, 0) is 4.74 Å². The van der Waals surface area contributed by atoms with Crippen LogP contribution in [0.3, 0.4) is 0 Å². The van der Waals surface area contributed by atoms with Gasteiger partial charge >= 0.3 is 0 Å². The van der Waals surface area contributed by atoms with E-state index >= 15 is 0 Å². The molecule has 2 heterocycles. The normalized spacial score (nSPS) is 20.0. The standard InChI is InChI=1S/C24H41N5O2.HI/c1-19(2)21(29-13-15-31-16-14-29)17-26-24(25-3)27-18-22(28-11-7-8-12-28)20-9-5-6-10-23(20)30-4;/h5-6,9-10,19,21-22H,7-8,11-18H2,1-4H3,(H2,25,26,27);1H. The monoisotopic (exact) mass is 559 g/mol. The lowest BCUT2D eigenvalue weighted by atomic mass is 10.0. The fourth-order valence-electron chi connectivity index (χ4n) is 4.74. The molecule has 1 aromatic rings. The van der Waals surface area contributed by atoms with Gasteiger partial charge in [0.2, 0.25) is 0 Å². The molecule has 2 aliphatic rings. The molecule has 2 saturated heterocycles. The highest BCUT2D eigenvalue weighted by molar-refractivity contribution is 14.0. The molecule has 0 amide bonds. The smallest absolute Gasteiger partial charge is 0.191 e. The van der Waals surface area contributed by atoms with Gasteiger partial charge in [0.25, 0.3) is 0 Å². The summed E-state index contributed by atoms with van der Waals surface area (Å²) < 4.78 is 11.2. The van der Waals surface area contributed by atoms with Gasteiger partial charge in [-0.2, -0.15) is 0 Å². The Morgan fingerprint density at radius 3 is 2.31 bits per heavy atom. The molecule has 8 heteroatoms. The molecular weight excluding hydrogens is 517 g/mol. The van der Waals surface area contributed by atoms with Gasteiger partial charge in [0.05, 0.1) is 26.4 Å². The first-order chi connectivity index (χ1) is 15.1. The molecule has 2 unspecified atom stereocenters. The van der Waals surface area contributed by atoms with E-state index in [4.69, 9.17) is 9.47 Å². The largest absolute Gasteiger partial charge is 0.496 e. The van der Waals surface area contributed by atoms with E-state index in [1.54, 1.807) is 7.11 Å². The summed E-state index contributed by atoms with van der Waals surface area (Å²) in [4.78, 5) is 9.60. The predicted molar refractivity (Wildman–Crippen MR) is 142 cm³/mol. The van der Waals surface area contributed by atoms with E-state index in [-0.39, 0.29) is 30.0 Å². The highest BCUT2D eigenvalue weighted by Crippen LogP contribution is 2.31. The number of halogens is 1. The highest BCUT2D eigenvalue weighted by Gasteiger charge is 2.27. The lowest BCUT2D eigenvalue weighted by Crippen LogP contribution is -2.53. The number of benzene rings is 1. The summed E-state index contributed by atoms with van der Waals surface area (Å²) in [5, 5.41) is 7.17. The van der Waals surface area contributed by atoms with Crippen LogP contribution in [-0.4, -0.2) is 88.4 Å². The summed E-state index contributed by atoms with van der Waals surface area (Å²) >= 11 is 0. The molecule has 0 radical (unpaired) electrons. The van der Waals surface area contributed by atoms with Crippen LogP contribution in [0, 0.1) is 5.92 Å². The fourth-order valence-corrected chi connectivity index (χ4v) is 4.74. The average molecular weight is 560 g/mol. The van der Waals surface area contributed by atoms with Crippen molar-refractivity contribution >= 4 is 29.9 Å². The second kappa shape index (κ2) is 14.2. The molecule has 3 rings (SSSR count). The van der Waals surface area contributed by atoms with Gasteiger partial charge in [-0.05, 0) is 37.9 Å². The summed E-state index contributed by atoms with van der Waals surface area (Å²) in [5.74, 6) is 2.38. The zero-order chi connectivity index (χ0) is 22.1. The number of methoxy groups -OCH3 is 1. The summed E-state index contributed by atoms with van der Waals surface area (Å²) in [6.45, 7) is 12.2. The molecule has 1 aromatic carbocycles. The van der Waals surface area contributed by atoms with E-state index in [1.165, 1.54) is 18.4 Å². The van der Waals surface area contributed by atoms with Gasteiger partial charge in [0.15, 0.2) is 5.96 Å². The zero-order valence-electron chi connectivity index (χ0n) is 20.2. The second-order valence-electron chi connectivity index (χ2n) is 8.79. The molecule has 2 fully saturated rings. The molecule has 2 N–H and O–H groups in total. The topological polar surface area (TPSA) is 61.4 Å². The maximum absolute atomic E-state index is 5.68. The Labute approximate surface area is 211 Å². The number of aliphatic imine (C=N–C) groups is 1. The molecule has 0 bridgehead atoms. The Morgan fingerprint density at radius 1 is 1.03 bits per heavy atom. The second-order valence-corrected chi connectivity index (χ2v) is 8.79. The van der Waals surface area contributed by atoms with E-state index in [0.717, 1.165) is 64.2 Å². The zero-order valence-corrected chi connectivity index (χ0v) is 22.5. The van der Waals surface area contributed by atoms with Crippen LogP contribution in [0.4, 0.5) is 0 Å². The fraction of sp³-hybridized carbons (Fsp3) is 0.708. The van der Waals surface area contributed by atoms with Gasteiger partial charge in [-0.25, -0.2) is 0 Å². The van der Waals surface area contributed by atoms with Crippen molar-refractivity contribution in [2.45, 2.75) is 38.8 Å². The first-order valence-electron chi connectivity index (χ1n) is 11.8. The molecular formula is C24H42IN5O2. The van der Waals surface area contributed by atoms with Crippen molar-refractivity contribution in [2.24, 2.45) is 10.9 Å². The summed E-state index contributed by atoms with van der Waals surface area (Å²) in [5.41, 5.74) is 1.24. The molecule has 2 aliphatic heterocycles. The van der Waals surface area contributed by atoms with E-state index in [1.807, 2.05) is 13.1 Å². The number of nitrogens with one attached hydrogen (secondary N) is 2. The highest BCUT2D eigenvalue weighted by atomic mass is 127. The van der Waals surface area contributed by atoms with E-state index < -0.39 is 0 Å². The molecule has 0 saturated carbocycles. The van der Waals surface area contributed by atoms with Crippen molar-refractivity contribution < 1.29 is 9.47 Å². The number of nitrogens with zero attached hydrogens (tertiary/aromatic N) is 3. The number of morpholine rings is 1. The van der Waals surface area contributed by atoms with Crippen LogP contribution in [0.25, 0.3) is 0 Å². The van der Waals surface area contributed by atoms with Crippen molar-refractivity contribution in [2.75, 3.05) is 66.6 Å². The number of hydrogen-bond acceptors (Lipinski definition) is 5. The van der Waals surface area contributed by atoms with Gasteiger partial charge in [-0.1, -0.05) is 32.0 Å². The SMILES string of the molecule is CN=C(NCC(c1ccccc1OC)N1CCCC1)NCC(C(C)C)N1CCOCC1.I. The van der Waals surface area contributed by atoms with Gasteiger partial charge in [0, 0.05) is 44.8 Å². The van der Waals surface area contributed by atoms with Crippen molar-refractivity contribution in [3.8, 4) is 5.75 Å². The number of guanidine groups is 1. The van der Waals surface area contributed by atoms with Gasteiger partial charge in [-0.15, -0.1) is 24.0 Å². The molecule has 2 atom stereocenters. The van der Waals surface area contributed by atoms with Crippen LogP contribution in [0.15, 0.2) is 29.3 Å². The van der Waals surface area contributed by atoms with E-state index in [9.17, 15) is 0 Å². The van der Waals surface area contributed by atoms with Crippen molar-refractivity contribution in [1.29, 1.82) is 0 Å². The third kappa shape index (κ3) is 7.46. The van der Waals surface area contributed by atoms with Crippen LogP contribution in [0.5, 0.6) is 5.75 Å². The third-order valence-corrected chi connectivity index (χ3v) is 6.53. The summed E-state index contributed by atoms with van der Waals surface area (Å²) in [7, 11) is 3.61. The van der Waals surface area contributed by atoms with Crippen LogP contribution >= 0.6 is 24.0 Å². The number of ether oxygens (including phenoxy) is 2. The number of rotatable bonds is 9. The van der Waals surface area contributed by atoms with Crippen LogP contribution in [0.1, 0.15) is 38.3 Å². The average Bonchev–Trinajstić information content (AvgIpc) is 3.33. The Balaban J connectivity index is 0.00000363. The first kappa shape index (κ1) is 27.1. The van der Waals surface area contributed by atoms with Gasteiger partial charge < -0.3 is 20.1 Å². The lowest BCUT2D eigenvalue weighted by Gasteiger charge is -2.37. The Morgan fingerprint density at radius 2 is 1.69 bits per heavy atom. The summed E-state index contributed by atoms with van der Waals surface area (Å²) in [6, 6.07) is 9.11. The minimum Gasteiger partial charge on any atom is -0.496 e. The quantitative estimate of drug-likeness (QED) is 0.276.